The lowest BCUT2D eigenvalue weighted by Crippen LogP contribution is -2.63. The fourth-order valence-electron chi connectivity index (χ4n) is 7.38. The van der Waals surface area contributed by atoms with Crippen molar-refractivity contribution in [2.24, 2.45) is 0 Å². The predicted molar refractivity (Wildman–Crippen MR) is 211 cm³/mol. The maximum absolute atomic E-state index is 14.2. The van der Waals surface area contributed by atoms with Gasteiger partial charge < -0.3 is 43.2 Å². The number of aryl methyl sites for hydroxylation is 2. The minimum atomic E-state index is -1.50. The molecule has 318 valence electrons. The summed E-state index contributed by atoms with van der Waals surface area (Å²) in [6, 6.07) is 10.6. The molecule has 0 bridgehead atoms. The Morgan fingerprint density at radius 3 is 1.92 bits per heavy atom. The molecule has 2 aliphatic carbocycles. The number of Topliss-reactive ketones (excluding diaryl/α,β-unsaturated/α-hetero) is 2. The minimum absolute atomic E-state index is 0.0149. The van der Waals surface area contributed by atoms with Crippen molar-refractivity contribution >= 4 is 58.3 Å². The van der Waals surface area contributed by atoms with E-state index in [2.05, 4.69) is 5.32 Å². The summed E-state index contributed by atoms with van der Waals surface area (Å²) in [5, 5.41) is 2.94. The van der Waals surface area contributed by atoms with Crippen LogP contribution < -0.4 is 19.5 Å². The molecule has 1 N–H and O–H groups in total. The number of hydrogen-bond acceptors (Lipinski definition) is 17. The molecule has 6 rings (SSSR count). The average molecular weight is 840 g/mol. The molecule has 17 heteroatoms. The highest BCUT2D eigenvalue weighted by Crippen LogP contribution is 2.43. The number of carbonyl (C=O) groups excluding carboxylic acids is 8. The molecule has 5 atom stereocenters. The minimum Gasteiger partial charge on any atom is -0.496 e. The van der Waals surface area contributed by atoms with Gasteiger partial charge in [0.1, 0.15) is 30.0 Å². The SMILES string of the molecule is COc1cc(C)cc2c1C(=O)C=C(c1c(C)cc3c(c1OC)C(=O)C(Nc1ccc(O[C@@H]4O[C@H](COC(C)=O)[C@@H](OC(C)=O)[C@H](OC(C)=O)[C@H]4OC(C)=O)cc1)=CC3=O)C2=O. The number of anilines is 1. The van der Waals surface area contributed by atoms with E-state index in [-0.39, 0.29) is 56.3 Å². The molecule has 3 aliphatic rings. The molecule has 1 saturated heterocycles. The number of allylic oxidation sites excluding steroid dienone is 4. The van der Waals surface area contributed by atoms with Crippen LogP contribution in [0.1, 0.15) is 85.8 Å². The number of carbonyl (C=O) groups is 8. The number of fused-ring (bicyclic) bond motifs is 2. The van der Waals surface area contributed by atoms with E-state index in [1.807, 2.05) is 0 Å². The summed E-state index contributed by atoms with van der Waals surface area (Å²) in [7, 11) is 2.70. The van der Waals surface area contributed by atoms with Gasteiger partial charge in [-0.2, -0.15) is 0 Å². The topological polar surface area (TPSA) is 222 Å². The molecule has 3 aromatic carbocycles. The number of ether oxygens (including phenoxy) is 8. The van der Waals surface area contributed by atoms with E-state index in [1.54, 1.807) is 26.0 Å². The molecule has 0 aromatic heterocycles. The van der Waals surface area contributed by atoms with E-state index in [0.29, 0.717) is 16.8 Å². The predicted octanol–water partition coefficient (Wildman–Crippen LogP) is 4.62. The molecule has 0 saturated carbocycles. The Morgan fingerprint density at radius 2 is 1.31 bits per heavy atom. The largest absolute Gasteiger partial charge is 0.496 e. The second-order valence-electron chi connectivity index (χ2n) is 14.3. The fourth-order valence-corrected chi connectivity index (χ4v) is 7.38. The first-order chi connectivity index (χ1) is 28.9. The van der Waals surface area contributed by atoms with E-state index in [4.69, 9.17) is 37.9 Å². The van der Waals surface area contributed by atoms with Gasteiger partial charge in [-0.15, -0.1) is 0 Å². The zero-order valence-electron chi connectivity index (χ0n) is 34.3. The second-order valence-corrected chi connectivity index (χ2v) is 14.3. The molecular weight excluding hydrogens is 798 g/mol. The zero-order valence-corrected chi connectivity index (χ0v) is 34.3. The van der Waals surface area contributed by atoms with E-state index < -0.39 is 84.3 Å². The summed E-state index contributed by atoms with van der Waals surface area (Å²) < 4.78 is 44.6. The van der Waals surface area contributed by atoms with Crippen molar-refractivity contribution in [3.63, 3.8) is 0 Å². The molecule has 1 heterocycles. The zero-order chi connectivity index (χ0) is 44.4. The maximum Gasteiger partial charge on any atom is 0.303 e. The molecular formula is C44H41NO16. The first-order valence-electron chi connectivity index (χ1n) is 18.8. The third-order valence-electron chi connectivity index (χ3n) is 9.78. The normalized spacial score (nSPS) is 20.6. The van der Waals surface area contributed by atoms with E-state index in [1.165, 1.54) is 50.6 Å². The van der Waals surface area contributed by atoms with Crippen molar-refractivity contribution in [2.45, 2.75) is 72.2 Å². The average Bonchev–Trinajstić information content (AvgIpc) is 3.19. The van der Waals surface area contributed by atoms with Crippen molar-refractivity contribution in [2.75, 3.05) is 26.1 Å². The molecule has 3 aromatic rings. The van der Waals surface area contributed by atoms with Crippen LogP contribution in [0, 0.1) is 13.8 Å². The van der Waals surface area contributed by atoms with E-state index >= 15 is 0 Å². The van der Waals surface area contributed by atoms with Gasteiger partial charge in [-0.25, -0.2) is 0 Å². The van der Waals surface area contributed by atoms with E-state index in [9.17, 15) is 38.4 Å². The van der Waals surface area contributed by atoms with Gasteiger partial charge in [-0.3, -0.25) is 38.4 Å². The van der Waals surface area contributed by atoms with Crippen LogP contribution in [0.15, 0.2) is 60.3 Å². The summed E-state index contributed by atoms with van der Waals surface area (Å²) in [5.74, 6) is -4.93. The molecule has 0 radical (unpaired) electrons. The molecule has 1 fully saturated rings. The van der Waals surface area contributed by atoms with Gasteiger partial charge in [0, 0.05) is 61.7 Å². The summed E-state index contributed by atoms with van der Waals surface area (Å²) in [6.07, 6.45) is -4.74. The Morgan fingerprint density at radius 1 is 0.672 bits per heavy atom. The first kappa shape index (κ1) is 43.4. The van der Waals surface area contributed by atoms with Crippen molar-refractivity contribution in [3.8, 4) is 17.2 Å². The highest BCUT2D eigenvalue weighted by Gasteiger charge is 2.53. The quantitative estimate of drug-likeness (QED) is 0.194. The highest BCUT2D eigenvalue weighted by molar-refractivity contribution is 6.40. The Balaban J connectivity index is 1.28. The standard InChI is InChI=1S/C44H41NO16/c1-19-13-28-36(33(14-19)54-7)32(51)16-29(38(28)52)35-20(2)15-27-31(50)17-30(39(53)37(27)41(35)55-8)45-25-9-11-26(12-10-25)60-44-43(59-24(6)49)42(58-23(5)48)40(57-22(4)47)34(61-44)18-56-21(3)46/h9-17,34,40,42-45H,18H2,1-8H3/t34-,40-,42+,43-,44-/m1/s1. The summed E-state index contributed by atoms with van der Waals surface area (Å²) in [5.41, 5.74) is 1.62. The van der Waals surface area contributed by atoms with Gasteiger partial charge in [-0.05, 0) is 73.5 Å². The van der Waals surface area contributed by atoms with Crippen molar-refractivity contribution in [1.82, 2.24) is 0 Å². The van der Waals surface area contributed by atoms with Gasteiger partial charge in [0.15, 0.2) is 29.6 Å². The number of ketones is 4. The third-order valence-corrected chi connectivity index (χ3v) is 9.78. The molecule has 0 amide bonds. The third kappa shape index (κ3) is 8.91. The van der Waals surface area contributed by atoms with Gasteiger partial charge in [-0.1, -0.05) is 0 Å². The lowest BCUT2D eigenvalue weighted by molar-refractivity contribution is -0.288. The molecule has 0 unspecified atom stereocenters. The second kappa shape index (κ2) is 17.6. The van der Waals surface area contributed by atoms with Gasteiger partial charge in [0.25, 0.3) is 0 Å². The number of esters is 4. The van der Waals surface area contributed by atoms with Crippen LogP contribution >= 0.6 is 0 Å². The van der Waals surface area contributed by atoms with E-state index in [0.717, 1.165) is 33.8 Å². The molecule has 0 spiro atoms. The first-order valence-corrected chi connectivity index (χ1v) is 18.8. The van der Waals surface area contributed by atoms with Crippen LogP contribution in [0.2, 0.25) is 0 Å². The Labute approximate surface area is 348 Å². The van der Waals surface area contributed by atoms with Crippen molar-refractivity contribution in [1.29, 1.82) is 0 Å². The van der Waals surface area contributed by atoms with Gasteiger partial charge in [0.05, 0.1) is 31.0 Å². The maximum atomic E-state index is 14.2. The number of methoxy groups -OCH3 is 2. The van der Waals surface area contributed by atoms with Crippen LogP contribution in [-0.4, -0.2) is 98.5 Å². The lowest BCUT2D eigenvalue weighted by atomic mass is 9.80. The van der Waals surface area contributed by atoms with Crippen LogP contribution in [0.3, 0.4) is 0 Å². The van der Waals surface area contributed by atoms with Gasteiger partial charge in [0.2, 0.25) is 18.2 Å². The summed E-state index contributed by atoms with van der Waals surface area (Å²) >= 11 is 0. The Hall–Kier alpha value is -7.14. The smallest absolute Gasteiger partial charge is 0.303 e. The summed E-state index contributed by atoms with van der Waals surface area (Å²) in [6.45, 7) is 7.40. The molecule has 61 heavy (non-hydrogen) atoms. The molecule has 17 nitrogen and oxygen atoms in total. The van der Waals surface area contributed by atoms with Gasteiger partial charge >= 0.3 is 23.9 Å². The summed E-state index contributed by atoms with van der Waals surface area (Å²) in [4.78, 5) is 103. The van der Waals surface area contributed by atoms with Crippen LogP contribution in [-0.2, 0) is 42.9 Å². The number of hydrogen-bond donors (Lipinski definition) is 1. The lowest BCUT2D eigenvalue weighted by Gasteiger charge is -2.43. The number of nitrogens with one attached hydrogen (secondary N) is 1. The Kier molecular flexibility index (Phi) is 12.5. The van der Waals surface area contributed by atoms with Crippen LogP contribution in [0.25, 0.3) is 5.57 Å². The van der Waals surface area contributed by atoms with Crippen molar-refractivity contribution in [3.05, 3.63) is 99.3 Å². The highest BCUT2D eigenvalue weighted by atomic mass is 16.7. The fraction of sp³-hybridized carbons (Fsp3) is 0.318. The Bertz CT molecular complexity index is 2450. The molecule has 1 aliphatic heterocycles. The number of rotatable bonds is 12. The van der Waals surface area contributed by atoms with Crippen LogP contribution in [0.4, 0.5) is 5.69 Å². The monoisotopic (exact) mass is 839 g/mol. The van der Waals surface area contributed by atoms with Crippen molar-refractivity contribution < 1.29 is 76.3 Å². The number of benzene rings is 3. The van der Waals surface area contributed by atoms with Crippen LogP contribution in [0.5, 0.6) is 17.2 Å².